The summed E-state index contributed by atoms with van der Waals surface area (Å²) in [6, 6.07) is 0. The Bertz CT molecular complexity index is 233. The Morgan fingerprint density at radius 2 is 1.94 bits per heavy atom. The fraction of sp³-hybridized carbons (Fsp3) is 0.923. The molecular formula is C13H25NO2. The number of carbonyl (C=O) groups is 1. The van der Waals surface area contributed by atoms with Crippen LogP contribution in [0, 0.1) is 11.8 Å². The number of nitrogens with two attached hydrogens (primary N) is 1. The number of hydrogen-bond donors (Lipinski definition) is 1. The summed E-state index contributed by atoms with van der Waals surface area (Å²) < 4.78 is 5.34. The van der Waals surface area contributed by atoms with Gasteiger partial charge in [-0.25, -0.2) is 0 Å². The first-order chi connectivity index (χ1) is 7.40. The van der Waals surface area contributed by atoms with Crippen LogP contribution in [0.1, 0.15) is 52.9 Å². The molecule has 3 nitrogen and oxygen atoms in total. The summed E-state index contributed by atoms with van der Waals surface area (Å²) in [4.78, 5) is 11.7. The highest BCUT2D eigenvalue weighted by atomic mass is 16.6. The first kappa shape index (κ1) is 13.5. The molecule has 0 aliphatic heterocycles. The van der Waals surface area contributed by atoms with Gasteiger partial charge in [-0.2, -0.15) is 0 Å². The minimum atomic E-state index is -0.362. The molecule has 0 bridgehead atoms. The van der Waals surface area contributed by atoms with Crippen LogP contribution in [0.2, 0.25) is 0 Å². The predicted octanol–water partition coefficient (Wildman–Crippen LogP) is 2.48. The second kappa shape index (κ2) is 5.67. The third-order valence-corrected chi connectivity index (χ3v) is 3.10. The van der Waals surface area contributed by atoms with Crippen molar-refractivity contribution in [1.82, 2.24) is 0 Å². The van der Waals surface area contributed by atoms with Crippen LogP contribution in [0.3, 0.4) is 0 Å². The van der Waals surface area contributed by atoms with Crippen LogP contribution in [0.25, 0.3) is 0 Å². The molecule has 3 heteroatoms. The zero-order chi connectivity index (χ0) is 12.2. The van der Waals surface area contributed by atoms with Gasteiger partial charge in [-0.15, -0.1) is 0 Å². The maximum absolute atomic E-state index is 11.7. The lowest BCUT2D eigenvalue weighted by atomic mass is 9.80. The molecule has 0 saturated heterocycles. The second-order valence-electron chi connectivity index (χ2n) is 5.92. The molecule has 0 heterocycles. The molecule has 1 aliphatic rings. The summed E-state index contributed by atoms with van der Waals surface area (Å²) in [5.74, 6) is 1.04. The number of ether oxygens (including phenoxy) is 1. The number of carbonyl (C=O) groups excluding carboxylic acids is 1. The summed E-state index contributed by atoms with van der Waals surface area (Å²) in [6.45, 7) is 6.49. The lowest BCUT2D eigenvalue weighted by Crippen LogP contribution is -2.28. The molecule has 0 aromatic rings. The van der Waals surface area contributed by atoms with E-state index in [-0.39, 0.29) is 11.6 Å². The smallest absolute Gasteiger partial charge is 0.306 e. The predicted molar refractivity (Wildman–Crippen MR) is 65.0 cm³/mol. The van der Waals surface area contributed by atoms with Crippen molar-refractivity contribution in [2.24, 2.45) is 17.6 Å². The monoisotopic (exact) mass is 227 g/mol. The minimum absolute atomic E-state index is 0.0600. The highest BCUT2D eigenvalue weighted by molar-refractivity contribution is 5.70. The Morgan fingerprint density at radius 1 is 1.31 bits per heavy atom. The molecule has 16 heavy (non-hydrogen) atoms. The van der Waals surface area contributed by atoms with Gasteiger partial charge in [-0.05, 0) is 58.4 Å². The van der Waals surface area contributed by atoms with E-state index >= 15 is 0 Å². The molecule has 1 aliphatic carbocycles. The van der Waals surface area contributed by atoms with Crippen LogP contribution in [-0.2, 0) is 9.53 Å². The average molecular weight is 227 g/mol. The van der Waals surface area contributed by atoms with Gasteiger partial charge in [0.15, 0.2) is 0 Å². The van der Waals surface area contributed by atoms with Crippen molar-refractivity contribution in [1.29, 1.82) is 0 Å². The average Bonchev–Trinajstić information content (AvgIpc) is 2.15. The van der Waals surface area contributed by atoms with Crippen molar-refractivity contribution >= 4 is 5.97 Å². The van der Waals surface area contributed by atoms with Crippen LogP contribution in [0.4, 0.5) is 0 Å². The van der Waals surface area contributed by atoms with E-state index in [0.717, 1.165) is 19.4 Å². The number of rotatable bonds is 3. The van der Waals surface area contributed by atoms with Gasteiger partial charge in [0.05, 0.1) is 0 Å². The van der Waals surface area contributed by atoms with Crippen molar-refractivity contribution in [3.8, 4) is 0 Å². The van der Waals surface area contributed by atoms with Crippen LogP contribution in [0.15, 0.2) is 0 Å². The van der Waals surface area contributed by atoms with E-state index in [1.165, 1.54) is 12.8 Å². The molecule has 94 valence electrons. The van der Waals surface area contributed by atoms with Crippen LogP contribution >= 0.6 is 0 Å². The van der Waals surface area contributed by atoms with Gasteiger partial charge in [0, 0.05) is 6.42 Å². The second-order valence-corrected chi connectivity index (χ2v) is 5.92. The van der Waals surface area contributed by atoms with Gasteiger partial charge in [-0.3, -0.25) is 4.79 Å². The fourth-order valence-corrected chi connectivity index (χ4v) is 2.42. The minimum Gasteiger partial charge on any atom is -0.460 e. The molecule has 1 saturated carbocycles. The van der Waals surface area contributed by atoms with Gasteiger partial charge in [-0.1, -0.05) is 6.42 Å². The van der Waals surface area contributed by atoms with Gasteiger partial charge >= 0.3 is 5.97 Å². The molecule has 2 atom stereocenters. The Labute approximate surface area is 98.7 Å². The first-order valence-electron chi connectivity index (χ1n) is 6.32. The number of hydrogen-bond acceptors (Lipinski definition) is 3. The van der Waals surface area contributed by atoms with Crippen molar-refractivity contribution < 1.29 is 9.53 Å². The lowest BCUT2D eigenvalue weighted by molar-refractivity contribution is -0.156. The molecule has 2 N–H and O–H groups in total. The van der Waals surface area contributed by atoms with E-state index in [1.54, 1.807) is 0 Å². The molecule has 0 aromatic carbocycles. The van der Waals surface area contributed by atoms with E-state index in [1.807, 2.05) is 20.8 Å². The summed E-state index contributed by atoms with van der Waals surface area (Å²) in [5, 5.41) is 0. The number of esters is 1. The molecule has 1 fully saturated rings. The zero-order valence-electron chi connectivity index (χ0n) is 10.8. The largest absolute Gasteiger partial charge is 0.460 e. The molecule has 0 spiro atoms. The van der Waals surface area contributed by atoms with Crippen molar-refractivity contribution in [2.75, 3.05) is 6.54 Å². The van der Waals surface area contributed by atoms with Gasteiger partial charge in [0.25, 0.3) is 0 Å². The molecule has 0 aromatic heterocycles. The molecule has 2 unspecified atom stereocenters. The quantitative estimate of drug-likeness (QED) is 0.754. The van der Waals surface area contributed by atoms with Gasteiger partial charge in [0.2, 0.25) is 0 Å². The summed E-state index contributed by atoms with van der Waals surface area (Å²) >= 11 is 0. The lowest BCUT2D eigenvalue weighted by Gasteiger charge is -2.28. The summed E-state index contributed by atoms with van der Waals surface area (Å²) in [6.07, 6.45) is 5.23. The normalized spacial score (nSPS) is 26.5. The SMILES string of the molecule is CC(C)(C)OC(=O)CC1CCCC(CN)C1. The molecule has 1 rings (SSSR count). The Kier molecular flexibility index (Phi) is 4.78. The Morgan fingerprint density at radius 3 is 2.50 bits per heavy atom. The van der Waals surface area contributed by atoms with E-state index in [0.29, 0.717) is 18.3 Å². The molecule has 0 radical (unpaired) electrons. The van der Waals surface area contributed by atoms with Crippen molar-refractivity contribution in [2.45, 2.75) is 58.5 Å². The van der Waals surface area contributed by atoms with E-state index < -0.39 is 0 Å². The summed E-state index contributed by atoms with van der Waals surface area (Å²) in [7, 11) is 0. The fourth-order valence-electron chi connectivity index (χ4n) is 2.42. The van der Waals surface area contributed by atoms with Crippen molar-refractivity contribution in [3.63, 3.8) is 0 Å². The first-order valence-corrected chi connectivity index (χ1v) is 6.32. The van der Waals surface area contributed by atoms with Crippen molar-refractivity contribution in [3.05, 3.63) is 0 Å². The van der Waals surface area contributed by atoms with E-state index in [2.05, 4.69) is 0 Å². The summed E-state index contributed by atoms with van der Waals surface area (Å²) in [5.41, 5.74) is 5.32. The van der Waals surface area contributed by atoms with Crippen LogP contribution < -0.4 is 5.73 Å². The van der Waals surface area contributed by atoms with Crippen LogP contribution in [-0.4, -0.2) is 18.1 Å². The van der Waals surface area contributed by atoms with E-state index in [9.17, 15) is 4.79 Å². The van der Waals surface area contributed by atoms with E-state index in [4.69, 9.17) is 10.5 Å². The standard InChI is InChI=1S/C13H25NO2/c1-13(2,3)16-12(15)8-10-5-4-6-11(7-10)9-14/h10-11H,4-9,14H2,1-3H3. The molecular weight excluding hydrogens is 202 g/mol. The maximum atomic E-state index is 11.7. The van der Waals surface area contributed by atoms with Crippen LogP contribution in [0.5, 0.6) is 0 Å². The maximum Gasteiger partial charge on any atom is 0.306 e. The third-order valence-electron chi connectivity index (χ3n) is 3.10. The van der Waals surface area contributed by atoms with Gasteiger partial charge in [0.1, 0.15) is 5.60 Å². The Balaban J connectivity index is 2.33. The highest BCUT2D eigenvalue weighted by Crippen LogP contribution is 2.31. The molecule has 0 amide bonds. The third kappa shape index (κ3) is 4.97. The van der Waals surface area contributed by atoms with Gasteiger partial charge < -0.3 is 10.5 Å². The highest BCUT2D eigenvalue weighted by Gasteiger charge is 2.25. The zero-order valence-corrected chi connectivity index (χ0v) is 10.8. The Hall–Kier alpha value is -0.570. The topological polar surface area (TPSA) is 52.3 Å².